The fourth-order valence-electron chi connectivity index (χ4n) is 5.81. The number of rotatable bonds is 8. The van der Waals surface area contributed by atoms with Crippen molar-refractivity contribution in [2.24, 2.45) is 5.73 Å². The number of carbonyl (C=O) groups excluding carboxylic acids is 1. The van der Waals surface area contributed by atoms with Crippen LogP contribution in [-0.4, -0.2) is 60.0 Å². The van der Waals surface area contributed by atoms with E-state index in [4.69, 9.17) is 16.2 Å². The van der Waals surface area contributed by atoms with Crippen LogP contribution in [0.3, 0.4) is 0 Å². The Morgan fingerprint density at radius 2 is 1.36 bits per heavy atom. The maximum atomic E-state index is 12.5. The number of amides is 1. The summed E-state index contributed by atoms with van der Waals surface area (Å²) in [6.45, 7) is 6.50. The van der Waals surface area contributed by atoms with E-state index in [0.29, 0.717) is 17.2 Å². The molecule has 1 saturated heterocycles. The Hall–Kier alpha value is -4.25. The number of nitrogens with two attached hydrogens (primary N) is 2. The van der Waals surface area contributed by atoms with E-state index >= 15 is 0 Å². The molecule has 0 unspecified atom stereocenters. The predicted molar refractivity (Wildman–Crippen MR) is 179 cm³/mol. The summed E-state index contributed by atoms with van der Waals surface area (Å²) >= 11 is 0. The van der Waals surface area contributed by atoms with Gasteiger partial charge in [-0.05, 0) is 65.9 Å². The molecule has 6 rings (SSSR count). The van der Waals surface area contributed by atoms with Crippen LogP contribution in [0.1, 0.15) is 52.7 Å². The second-order valence-electron chi connectivity index (χ2n) is 12.3. The molecule has 0 bridgehead atoms. The van der Waals surface area contributed by atoms with Crippen LogP contribution >= 0.6 is 0 Å². The molecule has 1 aliphatic heterocycles. The molecule has 2 fully saturated rings. The molecule has 4 aromatic rings. The van der Waals surface area contributed by atoms with Crippen LogP contribution in [0.5, 0.6) is 0 Å². The van der Waals surface area contributed by atoms with Gasteiger partial charge in [-0.15, -0.1) is 0 Å². The maximum absolute atomic E-state index is 12.5. The Bertz CT molecular complexity index is 1600. The van der Waals surface area contributed by atoms with Crippen LogP contribution in [0.4, 0.5) is 19.0 Å². The van der Waals surface area contributed by atoms with Crippen LogP contribution in [0.25, 0.3) is 22.3 Å². The fourth-order valence-corrected chi connectivity index (χ4v) is 5.81. The zero-order chi connectivity index (χ0) is 33.4. The number of anilines is 1. The molecule has 2 heterocycles. The maximum Gasteiger partial charge on any atom is 0.416 e. The van der Waals surface area contributed by atoms with Gasteiger partial charge in [0.05, 0.1) is 23.8 Å². The van der Waals surface area contributed by atoms with Crippen molar-refractivity contribution in [2.45, 2.75) is 51.1 Å². The molecule has 0 radical (unpaired) electrons. The van der Waals surface area contributed by atoms with Crippen molar-refractivity contribution in [3.05, 3.63) is 107 Å². The Kier molecular flexibility index (Phi) is 11.3. The van der Waals surface area contributed by atoms with Crippen LogP contribution in [0, 0.1) is 0 Å². The number of likely N-dealkylation sites (N-methyl/N-ethyl adjacent to an activating group) is 1. The molecule has 47 heavy (non-hydrogen) atoms. The monoisotopic (exact) mass is 645 g/mol. The molecule has 3 aromatic carbocycles. The van der Waals surface area contributed by atoms with Crippen LogP contribution < -0.4 is 11.5 Å². The average molecular weight is 646 g/mol. The molecular weight excluding hydrogens is 603 g/mol. The first-order chi connectivity index (χ1) is 22.5. The number of ether oxygens (including phenoxy) is 1. The molecule has 2 aliphatic rings. The van der Waals surface area contributed by atoms with E-state index in [1.54, 1.807) is 0 Å². The smallest absolute Gasteiger partial charge is 0.383 e. The van der Waals surface area contributed by atoms with Gasteiger partial charge >= 0.3 is 6.18 Å². The van der Waals surface area contributed by atoms with Crippen LogP contribution in [-0.2, 0) is 24.1 Å². The van der Waals surface area contributed by atoms with Crippen molar-refractivity contribution in [1.29, 1.82) is 0 Å². The summed E-state index contributed by atoms with van der Waals surface area (Å²) in [5.41, 5.74) is 16.1. The standard InChI is InChI=1S/C24H32N2O.C13H10F3N3O/c1-25-14-16-26(17-15-25)18-20-6-10-22(11-7-20)23-12-8-21(9-13-23)19-27-24-4-2-3-5-24;14-13(15,16)9-3-1-7(2-4-9)8-5-10(12(18)20)11(17)19-6-8/h6-13,24H,2-5,14-19H2,1H3;1-6H,(H2,17,19)(H2,18,20). The van der Waals surface area contributed by atoms with E-state index in [-0.39, 0.29) is 11.4 Å². The number of alkyl halides is 3. The van der Waals surface area contributed by atoms with Crippen molar-refractivity contribution in [2.75, 3.05) is 39.0 Å². The van der Waals surface area contributed by atoms with Gasteiger partial charge in [-0.2, -0.15) is 13.2 Å². The van der Waals surface area contributed by atoms with Gasteiger partial charge in [-0.25, -0.2) is 4.98 Å². The third kappa shape index (κ3) is 9.63. The van der Waals surface area contributed by atoms with Gasteiger partial charge in [0.1, 0.15) is 5.82 Å². The van der Waals surface area contributed by atoms with Gasteiger partial charge < -0.3 is 21.1 Å². The Morgan fingerprint density at radius 3 is 1.91 bits per heavy atom. The molecule has 10 heteroatoms. The van der Waals surface area contributed by atoms with Gasteiger partial charge in [0.2, 0.25) is 0 Å². The second-order valence-corrected chi connectivity index (χ2v) is 12.3. The summed E-state index contributed by atoms with van der Waals surface area (Å²) in [7, 11) is 2.21. The van der Waals surface area contributed by atoms with Crippen molar-refractivity contribution in [3.8, 4) is 22.3 Å². The normalized spacial score (nSPS) is 16.1. The van der Waals surface area contributed by atoms with Crippen LogP contribution in [0.15, 0.2) is 85.1 Å². The fraction of sp³-hybridized carbons (Fsp3) is 0.351. The Balaban J connectivity index is 0.000000194. The van der Waals surface area contributed by atoms with Crippen LogP contribution in [0.2, 0.25) is 0 Å². The molecule has 1 aliphatic carbocycles. The largest absolute Gasteiger partial charge is 0.416 e. The molecule has 0 atom stereocenters. The first-order valence-corrected chi connectivity index (χ1v) is 16.0. The van der Waals surface area contributed by atoms with Gasteiger partial charge in [-0.3, -0.25) is 9.69 Å². The molecule has 248 valence electrons. The van der Waals surface area contributed by atoms with Gasteiger partial charge in [0.15, 0.2) is 0 Å². The first kappa shape index (κ1) is 34.1. The summed E-state index contributed by atoms with van der Waals surface area (Å²) < 4.78 is 43.4. The molecule has 0 spiro atoms. The third-order valence-corrected chi connectivity index (χ3v) is 8.76. The number of hydrogen-bond acceptors (Lipinski definition) is 6. The number of halogens is 3. The van der Waals surface area contributed by atoms with E-state index in [1.807, 2.05) is 0 Å². The topological polar surface area (TPSA) is 97.7 Å². The highest BCUT2D eigenvalue weighted by atomic mass is 19.4. The van der Waals surface area contributed by atoms with E-state index in [2.05, 4.69) is 70.4 Å². The minimum atomic E-state index is -4.39. The summed E-state index contributed by atoms with van der Waals surface area (Å²) in [6.07, 6.45) is 2.58. The number of piperazine rings is 1. The minimum Gasteiger partial charge on any atom is -0.383 e. The molecular formula is C37H42F3N5O2. The van der Waals surface area contributed by atoms with E-state index in [1.165, 1.54) is 98.5 Å². The molecule has 7 nitrogen and oxygen atoms in total. The summed E-state index contributed by atoms with van der Waals surface area (Å²) in [5.74, 6) is -0.767. The molecule has 1 saturated carbocycles. The Labute approximate surface area is 274 Å². The SMILES string of the molecule is CN1CCN(Cc2ccc(-c3ccc(COC4CCCC4)cc3)cc2)CC1.NC(=O)c1cc(-c2ccc(C(F)(F)F)cc2)cnc1N. The van der Waals surface area contributed by atoms with Crippen molar-refractivity contribution >= 4 is 11.7 Å². The highest BCUT2D eigenvalue weighted by molar-refractivity contribution is 5.98. The summed E-state index contributed by atoms with van der Waals surface area (Å²) in [6, 6.07) is 23.8. The molecule has 4 N–H and O–H groups in total. The van der Waals surface area contributed by atoms with E-state index in [0.717, 1.165) is 25.3 Å². The molecule has 1 aromatic heterocycles. The van der Waals surface area contributed by atoms with Crippen molar-refractivity contribution < 1.29 is 22.7 Å². The number of pyridine rings is 1. The number of carbonyl (C=O) groups is 1. The molecule has 1 amide bonds. The second kappa shape index (κ2) is 15.6. The Morgan fingerprint density at radius 1 is 0.830 bits per heavy atom. The lowest BCUT2D eigenvalue weighted by Crippen LogP contribution is -2.43. The number of nitrogens with zero attached hydrogens (tertiary/aromatic N) is 3. The number of nitrogen functional groups attached to an aromatic ring is 1. The van der Waals surface area contributed by atoms with Gasteiger partial charge in [0, 0.05) is 44.5 Å². The van der Waals surface area contributed by atoms with E-state index < -0.39 is 17.6 Å². The average Bonchev–Trinajstić information content (AvgIpc) is 3.60. The van der Waals surface area contributed by atoms with Gasteiger partial charge in [-0.1, -0.05) is 73.5 Å². The highest BCUT2D eigenvalue weighted by Crippen LogP contribution is 2.31. The van der Waals surface area contributed by atoms with E-state index in [9.17, 15) is 18.0 Å². The van der Waals surface area contributed by atoms with Crippen molar-refractivity contribution in [3.63, 3.8) is 0 Å². The summed E-state index contributed by atoms with van der Waals surface area (Å²) in [4.78, 5) is 19.9. The third-order valence-electron chi connectivity index (χ3n) is 8.76. The number of hydrogen-bond donors (Lipinski definition) is 2. The lowest BCUT2D eigenvalue weighted by Gasteiger charge is -2.32. The quantitative estimate of drug-likeness (QED) is 0.214. The van der Waals surface area contributed by atoms with Crippen molar-refractivity contribution in [1.82, 2.24) is 14.8 Å². The lowest BCUT2D eigenvalue weighted by atomic mass is 10.0. The number of primary amides is 1. The van der Waals surface area contributed by atoms with Gasteiger partial charge in [0.25, 0.3) is 5.91 Å². The lowest BCUT2D eigenvalue weighted by molar-refractivity contribution is -0.137. The first-order valence-electron chi connectivity index (χ1n) is 16.0. The minimum absolute atomic E-state index is 0.0202. The number of aromatic nitrogens is 1. The zero-order valence-corrected chi connectivity index (χ0v) is 26.7. The summed E-state index contributed by atoms with van der Waals surface area (Å²) in [5, 5.41) is 0. The highest BCUT2D eigenvalue weighted by Gasteiger charge is 2.30. The number of benzene rings is 3. The predicted octanol–water partition coefficient (Wildman–Crippen LogP) is 7.01. The zero-order valence-electron chi connectivity index (χ0n) is 26.7.